The first-order valence-corrected chi connectivity index (χ1v) is 13.7. The predicted octanol–water partition coefficient (Wildman–Crippen LogP) is 2.18. The monoisotopic (exact) mass is 522 g/mol. The number of ether oxygens (including phenoxy) is 3. The van der Waals surface area contributed by atoms with E-state index in [9.17, 15) is 14.7 Å². The first-order valence-electron chi connectivity index (χ1n) is 13.7. The quantitative estimate of drug-likeness (QED) is 0.199. The number of carbonyl (C=O) groups excluding carboxylic acids is 2. The first kappa shape index (κ1) is 27.5. The molecule has 1 unspecified atom stereocenters. The Kier molecular flexibility index (Phi) is 9.29. The van der Waals surface area contributed by atoms with Crippen LogP contribution in [0.3, 0.4) is 0 Å². The topological polar surface area (TPSA) is 92.6 Å². The van der Waals surface area contributed by atoms with Gasteiger partial charge in [0.25, 0.3) is 5.91 Å². The number of Topliss-reactive ketones (excluding diaryl/α,β-unsaturated/α-hetero) is 1. The fraction of sp³-hybridized carbons (Fsp3) is 0.467. The fourth-order valence-corrected chi connectivity index (χ4v) is 5.00. The molecule has 1 saturated heterocycles. The zero-order valence-electron chi connectivity index (χ0n) is 22.6. The lowest BCUT2D eigenvalue weighted by Crippen LogP contribution is -3.11. The lowest BCUT2D eigenvalue weighted by atomic mass is 9.95. The third-order valence-electron chi connectivity index (χ3n) is 7.20. The molecule has 0 saturated carbocycles. The second kappa shape index (κ2) is 12.8. The summed E-state index contributed by atoms with van der Waals surface area (Å²) in [6, 6.07) is 11.5. The maximum Gasteiger partial charge on any atom is 0.295 e. The largest absolute Gasteiger partial charge is 0.872 e. The summed E-state index contributed by atoms with van der Waals surface area (Å²) in [6.45, 7) is 11.0. The smallest absolute Gasteiger partial charge is 0.295 e. The van der Waals surface area contributed by atoms with E-state index >= 15 is 0 Å². The van der Waals surface area contributed by atoms with E-state index in [-0.39, 0.29) is 5.57 Å². The van der Waals surface area contributed by atoms with Crippen molar-refractivity contribution in [3.63, 3.8) is 0 Å². The van der Waals surface area contributed by atoms with Crippen molar-refractivity contribution >= 4 is 17.4 Å². The Bertz CT molecular complexity index is 1170. The highest BCUT2D eigenvalue weighted by atomic mass is 16.6. The number of hydrogen-bond donors (Lipinski definition) is 1. The molecule has 1 N–H and O–H groups in total. The Labute approximate surface area is 224 Å². The van der Waals surface area contributed by atoms with E-state index in [2.05, 4.69) is 20.8 Å². The molecule has 0 bridgehead atoms. The third-order valence-corrected chi connectivity index (χ3v) is 7.20. The molecule has 0 spiro atoms. The molecule has 8 heteroatoms. The minimum atomic E-state index is -0.780. The van der Waals surface area contributed by atoms with Crippen LogP contribution in [-0.4, -0.2) is 62.6 Å². The molecule has 1 amide bonds. The Morgan fingerprint density at radius 3 is 2.53 bits per heavy atom. The minimum Gasteiger partial charge on any atom is -0.872 e. The number of nitrogens with zero attached hydrogens (tertiary/aromatic N) is 1. The van der Waals surface area contributed by atoms with Crippen LogP contribution in [0.5, 0.6) is 17.2 Å². The van der Waals surface area contributed by atoms with Gasteiger partial charge in [-0.05, 0) is 55.7 Å². The standard InChI is InChI=1S/C30H38N2O6/c1-4-7-16-36-23-11-8-10-21(19-23)27-26(28(33)22-12-13-24-25(20-22)38-18-17-37-24)29(34)30(35)32(27)15-9-14-31(5-2)6-3/h8,10-13,19-20,27,33H,4-7,9,14-18H2,1-3H3/b28-26+. The maximum atomic E-state index is 13.8. The van der Waals surface area contributed by atoms with E-state index in [0.717, 1.165) is 38.9 Å². The average Bonchev–Trinajstić information content (AvgIpc) is 3.20. The van der Waals surface area contributed by atoms with Gasteiger partial charge in [-0.3, -0.25) is 9.59 Å². The normalized spacial score (nSPS) is 18.3. The molecule has 204 valence electrons. The van der Waals surface area contributed by atoms with E-state index in [1.165, 1.54) is 4.90 Å². The molecule has 1 atom stereocenters. The number of unbranched alkanes of at least 4 members (excludes halogenated alkanes) is 1. The van der Waals surface area contributed by atoms with Crippen LogP contribution in [0.15, 0.2) is 48.0 Å². The number of ketones is 1. The Hall–Kier alpha value is -3.52. The number of amides is 1. The number of likely N-dealkylation sites (tertiary alicyclic amines) is 1. The molecule has 2 aliphatic rings. The van der Waals surface area contributed by atoms with Crippen LogP contribution in [0.2, 0.25) is 0 Å². The van der Waals surface area contributed by atoms with E-state index < -0.39 is 23.5 Å². The van der Waals surface area contributed by atoms with Crippen molar-refractivity contribution in [1.82, 2.24) is 4.90 Å². The van der Waals surface area contributed by atoms with Gasteiger partial charge >= 0.3 is 0 Å². The van der Waals surface area contributed by atoms with E-state index in [1.54, 1.807) is 23.1 Å². The van der Waals surface area contributed by atoms with E-state index in [0.29, 0.717) is 54.7 Å². The number of quaternary nitrogens is 1. The van der Waals surface area contributed by atoms with E-state index in [4.69, 9.17) is 14.2 Å². The lowest BCUT2D eigenvalue weighted by molar-refractivity contribution is -0.896. The second-order valence-electron chi connectivity index (χ2n) is 9.67. The number of carbonyl (C=O) groups is 2. The molecule has 1 fully saturated rings. The molecule has 38 heavy (non-hydrogen) atoms. The van der Waals surface area contributed by atoms with Crippen molar-refractivity contribution in [2.45, 2.75) is 46.1 Å². The molecule has 2 aromatic rings. The van der Waals surface area contributed by atoms with Gasteiger partial charge in [0.2, 0.25) is 5.78 Å². The molecule has 0 aromatic heterocycles. The van der Waals surface area contributed by atoms with Crippen LogP contribution in [-0.2, 0) is 9.59 Å². The zero-order chi connectivity index (χ0) is 27.1. The number of fused-ring (bicyclic) bond motifs is 1. The number of hydrogen-bond acceptors (Lipinski definition) is 6. The summed E-state index contributed by atoms with van der Waals surface area (Å²) in [4.78, 5) is 29.6. The summed E-state index contributed by atoms with van der Waals surface area (Å²) >= 11 is 0. The van der Waals surface area contributed by atoms with Gasteiger partial charge in [-0.1, -0.05) is 37.3 Å². The number of benzene rings is 2. The SMILES string of the molecule is CCCCOc1cccc(C2/C(=C(\[O-])c3ccc4c(c3)OCCO4)C(=O)C(=O)N2CCC[NH+](CC)CC)c1. The van der Waals surface area contributed by atoms with Crippen molar-refractivity contribution in [3.8, 4) is 17.2 Å². The summed E-state index contributed by atoms with van der Waals surface area (Å²) < 4.78 is 17.1. The summed E-state index contributed by atoms with van der Waals surface area (Å²) in [5, 5.41) is 13.8. The van der Waals surface area contributed by atoms with Crippen molar-refractivity contribution < 1.29 is 33.8 Å². The molecule has 2 aliphatic heterocycles. The van der Waals surface area contributed by atoms with Gasteiger partial charge in [-0.2, -0.15) is 0 Å². The van der Waals surface area contributed by atoms with Crippen LogP contribution >= 0.6 is 0 Å². The fourth-order valence-electron chi connectivity index (χ4n) is 5.00. The highest BCUT2D eigenvalue weighted by molar-refractivity contribution is 6.46. The van der Waals surface area contributed by atoms with E-state index in [1.807, 2.05) is 24.3 Å². The minimum absolute atomic E-state index is 0.0347. The third kappa shape index (κ3) is 5.96. The summed E-state index contributed by atoms with van der Waals surface area (Å²) in [6.07, 6.45) is 2.66. The lowest BCUT2D eigenvalue weighted by Gasteiger charge is -2.28. The Morgan fingerprint density at radius 1 is 1.03 bits per heavy atom. The maximum absolute atomic E-state index is 13.8. The van der Waals surface area contributed by atoms with Crippen LogP contribution in [0.4, 0.5) is 0 Å². The zero-order valence-corrected chi connectivity index (χ0v) is 22.6. The van der Waals surface area contributed by atoms with Gasteiger partial charge in [0, 0.05) is 18.5 Å². The predicted molar refractivity (Wildman–Crippen MR) is 142 cm³/mol. The van der Waals surface area contributed by atoms with Crippen molar-refractivity contribution in [2.24, 2.45) is 0 Å². The van der Waals surface area contributed by atoms with Crippen LogP contribution in [0.1, 0.15) is 57.2 Å². The second-order valence-corrected chi connectivity index (χ2v) is 9.67. The van der Waals surface area contributed by atoms with Gasteiger partial charge in [-0.15, -0.1) is 0 Å². The summed E-state index contributed by atoms with van der Waals surface area (Å²) in [5.74, 6) is -0.187. The van der Waals surface area contributed by atoms with Crippen molar-refractivity contribution in [2.75, 3.05) is 46.0 Å². The molecule has 8 nitrogen and oxygen atoms in total. The van der Waals surface area contributed by atoms with Gasteiger partial charge in [-0.25, -0.2) is 0 Å². The van der Waals surface area contributed by atoms with Crippen LogP contribution in [0.25, 0.3) is 5.76 Å². The molecule has 0 radical (unpaired) electrons. The first-order chi connectivity index (χ1) is 18.5. The molecule has 2 heterocycles. The van der Waals surface area contributed by atoms with Gasteiger partial charge < -0.3 is 29.1 Å². The summed E-state index contributed by atoms with van der Waals surface area (Å²) in [7, 11) is 0. The van der Waals surface area contributed by atoms with Gasteiger partial charge in [0.05, 0.1) is 32.3 Å². The Morgan fingerprint density at radius 2 is 1.79 bits per heavy atom. The molecule has 4 rings (SSSR count). The molecule has 0 aliphatic carbocycles. The Balaban J connectivity index is 1.72. The van der Waals surface area contributed by atoms with Gasteiger partial charge in [0.15, 0.2) is 11.5 Å². The highest BCUT2D eigenvalue weighted by Gasteiger charge is 2.44. The molecular formula is C30H38N2O6. The van der Waals surface area contributed by atoms with Crippen LogP contribution in [0, 0.1) is 0 Å². The molecule has 2 aromatic carbocycles. The van der Waals surface area contributed by atoms with Gasteiger partial charge in [0.1, 0.15) is 19.0 Å². The average molecular weight is 523 g/mol. The highest BCUT2D eigenvalue weighted by Crippen LogP contribution is 2.41. The van der Waals surface area contributed by atoms with Crippen LogP contribution < -0.4 is 24.2 Å². The molecular weight excluding hydrogens is 484 g/mol. The number of nitrogens with one attached hydrogen (secondary N) is 1. The summed E-state index contributed by atoms with van der Waals surface area (Å²) in [5.41, 5.74) is 0.946. The van der Waals surface area contributed by atoms with Crippen molar-refractivity contribution in [1.29, 1.82) is 0 Å². The van der Waals surface area contributed by atoms with Crippen molar-refractivity contribution in [3.05, 3.63) is 59.2 Å². The number of rotatable bonds is 12.